The summed E-state index contributed by atoms with van der Waals surface area (Å²) in [6.07, 6.45) is 0.192. The fourth-order valence-corrected chi connectivity index (χ4v) is 2.65. The van der Waals surface area contributed by atoms with E-state index in [1.807, 2.05) is 0 Å². The molecule has 1 fully saturated rings. The van der Waals surface area contributed by atoms with Gasteiger partial charge in [0, 0.05) is 39.3 Å². The SMILES string of the molecule is O=CCN1CCN(CC(=O)O)CCN(C(CC(=O)O)C(=O)O)CC1. The first kappa shape index (κ1) is 20.0. The molecule has 0 aromatic rings. The maximum absolute atomic E-state index is 11.4. The standard InChI is InChI=1S/C14H23N3O7/c18-8-7-15-1-2-16(10-13(21)22)4-6-17(5-3-15)11(14(23)24)9-12(19)20/h8,11H,1-7,9-10H2,(H,19,20)(H,21,22)(H,23,24). The Morgan fingerprint density at radius 1 is 0.875 bits per heavy atom. The first-order valence-electron chi connectivity index (χ1n) is 7.62. The minimum Gasteiger partial charge on any atom is -0.481 e. The van der Waals surface area contributed by atoms with Gasteiger partial charge in [0.15, 0.2) is 0 Å². The number of aldehydes is 1. The van der Waals surface area contributed by atoms with Crippen molar-refractivity contribution in [1.29, 1.82) is 0 Å². The van der Waals surface area contributed by atoms with Crippen molar-refractivity contribution in [1.82, 2.24) is 14.7 Å². The number of nitrogens with zero attached hydrogens (tertiary/aromatic N) is 3. The Morgan fingerprint density at radius 3 is 1.92 bits per heavy atom. The molecule has 0 amide bonds. The van der Waals surface area contributed by atoms with Gasteiger partial charge in [-0.1, -0.05) is 0 Å². The van der Waals surface area contributed by atoms with Crippen LogP contribution >= 0.6 is 0 Å². The van der Waals surface area contributed by atoms with Crippen LogP contribution in [0.15, 0.2) is 0 Å². The summed E-state index contributed by atoms with van der Waals surface area (Å²) in [7, 11) is 0. The molecule has 1 heterocycles. The van der Waals surface area contributed by atoms with Gasteiger partial charge < -0.3 is 20.1 Å². The predicted octanol–water partition coefficient (Wildman–Crippen LogP) is -1.88. The Balaban J connectivity index is 2.89. The lowest BCUT2D eigenvalue weighted by Crippen LogP contribution is -2.47. The van der Waals surface area contributed by atoms with Gasteiger partial charge in [-0.15, -0.1) is 0 Å². The summed E-state index contributed by atoms with van der Waals surface area (Å²) < 4.78 is 0. The monoisotopic (exact) mass is 345 g/mol. The van der Waals surface area contributed by atoms with Gasteiger partial charge in [-0.25, -0.2) is 0 Å². The minimum atomic E-state index is -1.23. The summed E-state index contributed by atoms with van der Waals surface area (Å²) >= 11 is 0. The van der Waals surface area contributed by atoms with Crippen LogP contribution in [0.1, 0.15) is 6.42 Å². The van der Waals surface area contributed by atoms with Gasteiger partial charge in [0.1, 0.15) is 12.3 Å². The van der Waals surface area contributed by atoms with Gasteiger partial charge in [0.2, 0.25) is 0 Å². The van der Waals surface area contributed by atoms with E-state index in [0.717, 1.165) is 6.29 Å². The lowest BCUT2D eigenvalue weighted by atomic mass is 10.1. The third-order valence-electron chi connectivity index (χ3n) is 3.92. The van der Waals surface area contributed by atoms with Crippen molar-refractivity contribution in [2.24, 2.45) is 0 Å². The largest absolute Gasteiger partial charge is 0.481 e. The second-order valence-electron chi connectivity index (χ2n) is 5.63. The third-order valence-corrected chi connectivity index (χ3v) is 3.92. The molecule has 136 valence electrons. The number of carboxylic acid groups (broad SMARTS) is 3. The smallest absolute Gasteiger partial charge is 0.321 e. The molecular formula is C14H23N3O7. The summed E-state index contributed by atoms with van der Waals surface area (Å²) in [5.74, 6) is -3.44. The topological polar surface area (TPSA) is 139 Å². The highest BCUT2D eigenvalue weighted by Gasteiger charge is 2.29. The molecule has 0 aromatic heterocycles. The zero-order chi connectivity index (χ0) is 18.1. The highest BCUT2D eigenvalue weighted by Crippen LogP contribution is 2.08. The molecule has 1 rings (SSSR count). The first-order chi connectivity index (χ1) is 11.3. The van der Waals surface area contributed by atoms with Crippen LogP contribution < -0.4 is 0 Å². The normalized spacial score (nSPS) is 19.7. The van der Waals surface area contributed by atoms with E-state index in [-0.39, 0.29) is 19.6 Å². The summed E-state index contributed by atoms with van der Waals surface area (Å²) in [6.45, 7) is 2.13. The zero-order valence-electron chi connectivity index (χ0n) is 13.3. The molecule has 10 nitrogen and oxygen atoms in total. The lowest BCUT2D eigenvalue weighted by molar-refractivity contribution is -0.150. The van der Waals surface area contributed by atoms with Crippen molar-refractivity contribution in [3.63, 3.8) is 0 Å². The third kappa shape index (κ3) is 7.02. The van der Waals surface area contributed by atoms with E-state index in [9.17, 15) is 24.3 Å². The van der Waals surface area contributed by atoms with Gasteiger partial charge in [-0.3, -0.25) is 29.1 Å². The second kappa shape index (κ2) is 9.96. The Morgan fingerprint density at radius 2 is 1.42 bits per heavy atom. The van der Waals surface area contributed by atoms with E-state index in [4.69, 9.17) is 10.2 Å². The Hall–Kier alpha value is -2.04. The van der Waals surface area contributed by atoms with E-state index >= 15 is 0 Å². The summed E-state index contributed by atoms with van der Waals surface area (Å²) in [5.41, 5.74) is 0. The molecule has 10 heteroatoms. The predicted molar refractivity (Wildman–Crippen MR) is 81.8 cm³/mol. The molecule has 0 bridgehead atoms. The molecule has 0 radical (unpaired) electrons. The van der Waals surface area contributed by atoms with Crippen molar-refractivity contribution < 1.29 is 34.5 Å². The number of carbonyl (C=O) groups is 4. The fourth-order valence-electron chi connectivity index (χ4n) is 2.65. The Kier molecular flexibility index (Phi) is 8.30. The number of rotatable bonds is 8. The van der Waals surface area contributed by atoms with Crippen molar-refractivity contribution in [2.45, 2.75) is 12.5 Å². The summed E-state index contributed by atoms with van der Waals surface area (Å²) in [4.78, 5) is 49.0. The molecule has 24 heavy (non-hydrogen) atoms. The van der Waals surface area contributed by atoms with E-state index in [1.54, 1.807) is 9.80 Å². The fraction of sp³-hybridized carbons (Fsp3) is 0.714. The van der Waals surface area contributed by atoms with Gasteiger partial charge in [-0.05, 0) is 0 Å². The quantitative estimate of drug-likeness (QED) is 0.428. The van der Waals surface area contributed by atoms with E-state index in [0.29, 0.717) is 32.7 Å². The second-order valence-corrected chi connectivity index (χ2v) is 5.63. The molecular weight excluding hydrogens is 322 g/mol. The summed E-state index contributed by atoms with van der Waals surface area (Å²) in [6, 6.07) is -1.19. The Labute approximate surface area is 139 Å². The molecule has 1 aliphatic rings. The van der Waals surface area contributed by atoms with Gasteiger partial charge in [0.25, 0.3) is 0 Å². The molecule has 0 aliphatic carbocycles. The number of aliphatic carboxylic acids is 3. The van der Waals surface area contributed by atoms with Crippen LogP contribution in [0.3, 0.4) is 0 Å². The van der Waals surface area contributed by atoms with Crippen LogP contribution in [-0.4, -0.2) is 113 Å². The van der Waals surface area contributed by atoms with Gasteiger partial charge in [-0.2, -0.15) is 0 Å². The van der Waals surface area contributed by atoms with Crippen LogP contribution in [-0.2, 0) is 19.2 Å². The minimum absolute atomic E-state index is 0.158. The first-order valence-corrected chi connectivity index (χ1v) is 7.62. The maximum atomic E-state index is 11.4. The number of carbonyl (C=O) groups excluding carboxylic acids is 1. The van der Waals surface area contributed by atoms with E-state index < -0.39 is 30.4 Å². The summed E-state index contributed by atoms with van der Waals surface area (Å²) in [5, 5.41) is 27.2. The number of hydrogen-bond donors (Lipinski definition) is 3. The van der Waals surface area contributed by atoms with Crippen molar-refractivity contribution in [3.8, 4) is 0 Å². The zero-order valence-corrected chi connectivity index (χ0v) is 13.3. The van der Waals surface area contributed by atoms with Crippen LogP contribution in [0.4, 0.5) is 0 Å². The van der Waals surface area contributed by atoms with Gasteiger partial charge in [0.05, 0.1) is 19.5 Å². The molecule has 1 aliphatic heterocycles. The van der Waals surface area contributed by atoms with E-state index in [2.05, 4.69) is 0 Å². The highest BCUT2D eigenvalue weighted by atomic mass is 16.4. The van der Waals surface area contributed by atoms with Crippen molar-refractivity contribution in [3.05, 3.63) is 0 Å². The van der Waals surface area contributed by atoms with Crippen LogP contribution in [0.2, 0.25) is 0 Å². The Bertz CT molecular complexity index is 471. The van der Waals surface area contributed by atoms with Crippen molar-refractivity contribution >= 4 is 24.2 Å². The van der Waals surface area contributed by atoms with Crippen LogP contribution in [0.5, 0.6) is 0 Å². The van der Waals surface area contributed by atoms with Crippen LogP contribution in [0, 0.1) is 0 Å². The van der Waals surface area contributed by atoms with Crippen LogP contribution in [0.25, 0.3) is 0 Å². The number of hydrogen-bond acceptors (Lipinski definition) is 7. The molecule has 0 spiro atoms. The average Bonchev–Trinajstić information content (AvgIpc) is 2.57. The lowest BCUT2D eigenvalue weighted by Gasteiger charge is -2.29. The maximum Gasteiger partial charge on any atom is 0.321 e. The van der Waals surface area contributed by atoms with Gasteiger partial charge >= 0.3 is 17.9 Å². The molecule has 0 aromatic carbocycles. The molecule has 1 atom stereocenters. The van der Waals surface area contributed by atoms with E-state index in [1.165, 1.54) is 4.90 Å². The highest BCUT2D eigenvalue weighted by molar-refractivity contribution is 5.80. The average molecular weight is 345 g/mol. The molecule has 1 unspecified atom stereocenters. The molecule has 0 saturated carbocycles. The number of carboxylic acids is 3. The molecule has 3 N–H and O–H groups in total. The molecule has 1 saturated heterocycles. The van der Waals surface area contributed by atoms with Crippen molar-refractivity contribution in [2.75, 3.05) is 52.4 Å².